The summed E-state index contributed by atoms with van der Waals surface area (Å²) in [5, 5.41) is 10.9. The van der Waals surface area contributed by atoms with Crippen LogP contribution in [0, 0.1) is 10.1 Å². The van der Waals surface area contributed by atoms with Gasteiger partial charge in [0.1, 0.15) is 0 Å². The van der Waals surface area contributed by atoms with Crippen LogP contribution in [0.5, 0.6) is 0 Å². The highest BCUT2D eigenvalue weighted by molar-refractivity contribution is 6.28. The van der Waals surface area contributed by atoms with Gasteiger partial charge in [-0.2, -0.15) is 0 Å². The molecular formula is C10H6ClN3O2. The van der Waals surface area contributed by atoms with E-state index >= 15 is 0 Å². The van der Waals surface area contributed by atoms with Crippen molar-refractivity contribution in [2.45, 2.75) is 0 Å². The lowest BCUT2D eigenvalue weighted by atomic mass is 10.1. The molecule has 80 valence electrons. The highest BCUT2D eigenvalue weighted by Gasteiger charge is 2.14. The molecule has 0 radical (unpaired) electrons. The first kappa shape index (κ1) is 10.5. The van der Waals surface area contributed by atoms with Crippen molar-refractivity contribution in [3.05, 3.63) is 52.1 Å². The minimum absolute atomic E-state index is 0.0217. The number of rotatable bonds is 2. The Morgan fingerprint density at radius 1 is 1.19 bits per heavy atom. The van der Waals surface area contributed by atoms with Crippen molar-refractivity contribution in [2.24, 2.45) is 0 Å². The van der Waals surface area contributed by atoms with Crippen molar-refractivity contribution in [3.8, 4) is 11.1 Å². The molecule has 0 aliphatic carbocycles. The summed E-state index contributed by atoms with van der Waals surface area (Å²) < 4.78 is 0. The molecule has 1 aromatic heterocycles. The number of aromatic nitrogens is 2. The third-order valence-electron chi connectivity index (χ3n) is 2.03. The van der Waals surface area contributed by atoms with Gasteiger partial charge in [-0.15, -0.1) is 0 Å². The van der Waals surface area contributed by atoms with E-state index in [-0.39, 0.29) is 11.0 Å². The minimum Gasteiger partial charge on any atom is -0.258 e. The summed E-state index contributed by atoms with van der Waals surface area (Å²) in [6, 6.07) is 6.41. The Hall–Kier alpha value is -2.01. The second kappa shape index (κ2) is 4.24. The van der Waals surface area contributed by atoms with Gasteiger partial charge < -0.3 is 0 Å². The lowest BCUT2D eigenvalue weighted by Crippen LogP contribution is -1.92. The fourth-order valence-corrected chi connectivity index (χ4v) is 1.43. The predicted molar refractivity (Wildman–Crippen MR) is 59.1 cm³/mol. The number of benzene rings is 1. The average molecular weight is 236 g/mol. The van der Waals surface area contributed by atoms with Crippen molar-refractivity contribution in [1.82, 2.24) is 9.97 Å². The lowest BCUT2D eigenvalue weighted by Gasteiger charge is -2.01. The minimum atomic E-state index is -0.441. The summed E-state index contributed by atoms with van der Waals surface area (Å²) in [7, 11) is 0. The van der Waals surface area contributed by atoms with Gasteiger partial charge in [0.05, 0.1) is 10.5 Å². The van der Waals surface area contributed by atoms with Crippen LogP contribution in [0.4, 0.5) is 5.69 Å². The van der Waals surface area contributed by atoms with E-state index in [0.717, 1.165) is 0 Å². The summed E-state index contributed by atoms with van der Waals surface area (Å²) >= 11 is 5.55. The number of halogens is 1. The van der Waals surface area contributed by atoms with E-state index in [9.17, 15) is 10.1 Å². The fraction of sp³-hybridized carbons (Fsp3) is 0. The number of nitro benzene ring substituents is 1. The van der Waals surface area contributed by atoms with Crippen LogP contribution in [-0.2, 0) is 0 Å². The first-order valence-electron chi connectivity index (χ1n) is 4.40. The summed E-state index contributed by atoms with van der Waals surface area (Å²) in [4.78, 5) is 17.9. The molecule has 0 aliphatic heterocycles. The Balaban J connectivity index is 2.55. The molecular weight excluding hydrogens is 230 g/mol. The van der Waals surface area contributed by atoms with Gasteiger partial charge in [0.15, 0.2) is 0 Å². The first-order chi connectivity index (χ1) is 7.68. The second-order valence-corrected chi connectivity index (χ2v) is 3.35. The normalized spacial score (nSPS) is 10.1. The van der Waals surface area contributed by atoms with Crippen molar-refractivity contribution >= 4 is 17.3 Å². The largest absolute Gasteiger partial charge is 0.277 e. The first-order valence-corrected chi connectivity index (χ1v) is 4.77. The Labute approximate surface area is 95.9 Å². The van der Waals surface area contributed by atoms with Gasteiger partial charge >= 0.3 is 0 Å². The maximum Gasteiger partial charge on any atom is 0.277 e. The molecule has 0 spiro atoms. The van der Waals surface area contributed by atoms with Crippen LogP contribution in [0.1, 0.15) is 0 Å². The average Bonchev–Trinajstić information content (AvgIpc) is 2.30. The molecule has 6 heteroatoms. The molecule has 1 heterocycles. The van der Waals surface area contributed by atoms with Gasteiger partial charge in [-0.25, -0.2) is 9.97 Å². The van der Waals surface area contributed by atoms with Crippen molar-refractivity contribution < 1.29 is 4.92 Å². The van der Waals surface area contributed by atoms with Crippen LogP contribution in [0.3, 0.4) is 0 Å². The number of hydrogen-bond donors (Lipinski definition) is 0. The van der Waals surface area contributed by atoms with E-state index in [1.807, 2.05) is 0 Å². The molecule has 0 N–H and O–H groups in total. The SMILES string of the molecule is O=[N+]([O-])c1ccccc1-c1cnc(Cl)nc1. The topological polar surface area (TPSA) is 68.9 Å². The molecule has 1 aromatic carbocycles. The van der Waals surface area contributed by atoms with E-state index < -0.39 is 4.92 Å². The van der Waals surface area contributed by atoms with Gasteiger partial charge in [-0.3, -0.25) is 10.1 Å². The van der Waals surface area contributed by atoms with Crippen LogP contribution < -0.4 is 0 Å². The molecule has 2 rings (SSSR count). The van der Waals surface area contributed by atoms with Crippen LogP contribution in [0.15, 0.2) is 36.7 Å². The van der Waals surface area contributed by atoms with E-state index in [2.05, 4.69) is 9.97 Å². The zero-order valence-electron chi connectivity index (χ0n) is 8.00. The van der Waals surface area contributed by atoms with Gasteiger partial charge in [-0.1, -0.05) is 12.1 Å². The third-order valence-corrected chi connectivity index (χ3v) is 2.23. The van der Waals surface area contributed by atoms with E-state index in [1.165, 1.54) is 18.5 Å². The second-order valence-electron chi connectivity index (χ2n) is 3.02. The standard InChI is InChI=1S/C10H6ClN3O2/c11-10-12-5-7(6-13-10)8-3-1-2-4-9(8)14(15)16/h1-6H. The van der Waals surface area contributed by atoms with Crippen molar-refractivity contribution in [1.29, 1.82) is 0 Å². The Kier molecular flexibility index (Phi) is 2.78. The van der Waals surface area contributed by atoms with Crippen LogP contribution >= 0.6 is 11.6 Å². The van der Waals surface area contributed by atoms with Gasteiger partial charge in [0.25, 0.3) is 5.69 Å². The Morgan fingerprint density at radius 3 is 2.44 bits per heavy atom. The molecule has 0 atom stereocenters. The molecule has 0 saturated heterocycles. The molecule has 0 aliphatic rings. The molecule has 0 saturated carbocycles. The Bertz CT molecular complexity index is 528. The molecule has 0 fully saturated rings. The smallest absolute Gasteiger partial charge is 0.258 e. The van der Waals surface area contributed by atoms with Crippen molar-refractivity contribution in [3.63, 3.8) is 0 Å². The number of hydrogen-bond acceptors (Lipinski definition) is 4. The highest BCUT2D eigenvalue weighted by atomic mass is 35.5. The molecule has 5 nitrogen and oxygen atoms in total. The molecule has 16 heavy (non-hydrogen) atoms. The van der Waals surface area contributed by atoms with Gasteiger partial charge in [0.2, 0.25) is 5.28 Å². The number of para-hydroxylation sites is 1. The highest BCUT2D eigenvalue weighted by Crippen LogP contribution is 2.28. The Morgan fingerprint density at radius 2 is 1.81 bits per heavy atom. The van der Waals surface area contributed by atoms with E-state index in [0.29, 0.717) is 11.1 Å². The van der Waals surface area contributed by atoms with Gasteiger partial charge in [0, 0.05) is 24.0 Å². The van der Waals surface area contributed by atoms with Crippen LogP contribution in [-0.4, -0.2) is 14.9 Å². The van der Waals surface area contributed by atoms with E-state index in [4.69, 9.17) is 11.6 Å². The lowest BCUT2D eigenvalue weighted by molar-refractivity contribution is -0.384. The molecule has 0 unspecified atom stereocenters. The summed E-state index contributed by atoms with van der Waals surface area (Å²) in [5.74, 6) is 0. The maximum absolute atomic E-state index is 10.8. The number of nitro groups is 1. The monoisotopic (exact) mass is 235 g/mol. The van der Waals surface area contributed by atoms with Gasteiger partial charge in [-0.05, 0) is 17.7 Å². The zero-order valence-corrected chi connectivity index (χ0v) is 8.76. The molecule has 2 aromatic rings. The summed E-state index contributed by atoms with van der Waals surface area (Å²) in [5.41, 5.74) is 1.06. The fourth-order valence-electron chi connectivity index (χ4n) is 1.33. The molecule has 0 amide bonds. The van der Waals surface area contributed by atoms with Crippen LogP contribution in [0.25, 0.3) is 11.1 Å². The molecule has 0 bridgehead atoms. The van der Waals surface area contributed by atoms with Crippen LogP contribution in [0.2, 0.25) is 5.28 Å². The number of nitrogens with zero attached hydrogens (tertiary/aromatic N) is 3. The quantitative estimate of drug-likeness (QED) is 0.456. The summed E-state index contributed by atoms with van der Waals surface area (Å²) in [6.45, 7) is 0. The summed E-state index contributed by atoms with van der Waals surface area (Å²) in [6.07, 6.45) is 2.91. The third kappa shape index (κ3) is 1.99. The predicted octanol–water partition coefficient (Wildman–Crippen LogP) is 2.71. The van der Waals surface area contributed by atoms with Crippen molar-refractivity contribution in [2.75, 3.05) is 0 Å². The van der Waals surface area contributed by atoms with E-state index in [1.54, 1.807) is 18.2 Å². The maximum atomic E-state index is 10.8. The zero-order chi connectivity index (χ0) is 11.5.